The first kappa shape index (κ1) is 19.0. The third-order valence-corrected chi connectivity index (χ3v) is 5.92. The number of nitrogens with zero attached hydrogens (tertiary/aromatic N) is 1. The van der Waals surface area contributed by atoms with Gasteiger partial charge in [0.05, 0.1) is 0 Å². The number of aryl methyl sites for hydroxylation is 1. The van der Waals surface area contributed by atoms with Crippen molar-refractivity contribution in [1.82, 2.24) is 4.90 Å². The van der Waals surface area contributed by atoms with Crippen LogP contribution in [0.5, 0.6) is 5.75 Å². The monoisotopic (exact) mass is 351 g/mol. The van der Waals surface area contributed by atoms with Crippen molar-refractivity contribution in [3.05, 3.63) is 65.7 Å². The summed E-state index contributed by atoms with van der Waals surface area (Å²) in [7, 11) is 0. The number of rotatable bonds is 7. The molecule has 2 aromatic carbocycles. The highest BCUT2D eigenvalue weighted by molar-refractivity contribution is 5.28. The Morgan fingerprint density at radius 1 is 0.923 bits per heavy atom. The second-order valence-corrected chi connectivity index (χ2v) is 8.02. The summed E-state index contributed by atoms with van der Waals surface area (Å²) in [6.07, 6.45) is 7.51. The number of phenols is 1. The maximum atomic E-state index is 9.49. The molecule has 0 aromatic heterocycles. The van der Waals surface area contributed by atoms with Crippen LogP contribution in [0.1, 0.15) is 63.0 Å². The van der Waals surface area contributed by atoms with Crippen LogP contribution < -0.4 is 0 Å². The van der Waals surface area contributed by atoms with Crippen molar-refractivity contribution in [3.63, 3.8) is 0 Å². The van der Waals surface area contributed by atoms with Gasteiger partial charge in [0.15, 0.2) is 0 Å². The predicted molar refractivity (Wildman–Crippen MR) is 110 cm³/mol. The molecule has 1 N–H and O–H groups in total. The van der Waals surface area contributed by atoms with Crippen LogP contribution in [-0.4, -0.2) is 28.6 Å². The van der Waals surface area contributed by atoms with Crippen LogP contribution in [-0.2, 0) is 6.42 Å². The Balaban J connectivity index is 1.50. The molecule has 0 radical (unpaired) electrons. The van der Waals surface area contributed by atoms with Crippen LogP contribution in [0.25, 0.3) is 0 Å². The van der Waals surface area contributed by atoms with Gasteiger partial charge in [-0.25, -0.2) is 0 Å². The van der Waals surface area contributed by atoms with Gasteiger partial charge in [-0.1, -0.05) is 42.5 Å². The van der Waals surface area contributed by atoms with E-state index < -0.39 is 0 Å². The number of benzene rings is 2. The Morgan fingerprint density at radius 2 is 1.58 bits per heavy atom. The van der Waals surface area contributed by atoms with Crippen molar-refractivity contribution in [2.45, 2.75) is 70.4 Å². The minimum atomic E-state index is 0.367. The van der Waals surface area contributed by atoms with E-state index in [2.05, 4.69) is 61.2 Å². The molecule has 140 valence electrons. The fraction of sp³-hybridized carbons (Fsp3) is 0.500. The van der Waals surface area contributed by atoms with E-state index in [0.29, 0.717) is 17.7 Å². The van der Waals surface area contributed by atoms with E-state index >= 15 is 0 Å². The highest BCUT2D eigenvalue weighted by Crippen LogP contribution is 2.35. The average Bonchev–Trinajstić information content (AvgIpc) is 2.67. The first-order valence-corrected chi connectivity index (χ1v) is 10.2. The minimum absolute atomic E-state index is 0.367. The second kappa shape index (κ2) is 9.23. The molecule has 1 fully saturated rings. The Bertz CT molecular complexity index is 642. The highest BCUT2D eigenvalue weighted by Gasteiger charge is 2.27. The second-order valence-electron chi connectivity index (χ2n) is 8.02. The molecule has 0 aliphatic heterocycles. The van der Waals surface area contributed by atoms with Crippen LogP contribution in [0.4, 0.5) is 0 Å². The third-order valence-electron chi connectivity index (χ3n) is 5.92. The molecule has 0 heterocycles. The maximum absolute atomic E-state index is 9.49. The Labute approximate surface area is 158 Å². The molecule has 2 aromatic rings. The van der Waals surface area contributed by atoms with Crippen LogP contribution in [0.15, 0.2) is 54.6 Å². The van der Waals surface area contributed by atoms with Crippen molar-refractivity contribution < 1.29 is 5.11 Å². The van der Waals surface area contributed by atoms with Crippen LogP contribution >= 0.6 is 0 Å². The Morgan fingerprint density at radius 3 is 2.19 bits per heavy atom. The van der Waals surface area contributed by atoms with Gasteiger partial charge >= 0.3 is 0 Å². The molecule has 1 saturated carbocycles. The van der Waals surface area contributed by atoms with Crippen molar-refractivity contribution in [2.75, 3.05) is 6.54 Å². The summed E-state index contributed by atoms with van der Waals surface area (Å²) in [5, 5.41) is 9.49. The van der Waals surface area contributed by atoms with Crippen LogP contribution in [0.3, 0.4) is 0 Å². The lowest BCUT2D eigenvalue weighted by atomic mass is 9.81. The van der Waals surface area contributed by atoms with E-state index in [1.807, 2.05) is 12.1 Å². The third kappa shape index (κ3) is 5.11. The van der Waals surface area contributed by atoms with E-state index in [-0.39, 0.29) is 0 Å². The van der Waals surface area contributed by atoms with Crippen LogP contribution in [0.2, 0.25) is 0 Å². The molecule has 0 bridgehead atoms. The molecule has 0 spiro atoms. The topological polar surface area (TPSA) is 23.5 Å². The summed E-state index contributed by atoms with van der Waals surface area (Å²) in [5.74, 6) is 1.03. The van der Waals surface area contributed by atoms with Crippen molar-refractivity contribution >= 4 is 0 Å². The lowest BCUT2D eigenvalue weighted by Gasteiger charge is -2.39. The average molecular weight is 352 g/mol. The summed E-state index contributed by atoms with van der Waals surface area (Å²) < 4.78 is 0. The fourth-order valence-corrected chi connectivity index (χ4v) is 4.46. The molecule has 1 aliphatic rings. The van der Waals surface area contributed by atoms with Gasteiger partial charge in [-0.15, -0.1) is 0 Å². The van der Waals surface area contributed by atoms with E-state index in [4.69, 9.17) is 0 Å². The van der Waals surface area contributed by atoms with Crippen molar-refractivity contribution in [3.8, 4) is 5.75 Å². The first-order valence-electron chi connectivity index (χ1n) is 10.2. The number of aromatic hydroxyl groups is 1. The Kier molecular flexibility index (Phi) is 6.73. The molecule has 3 rings (SSSR count). The zero-order valence-corrected chi connectivity index (χ0v) is 16.3. The van der Waals surface area contributed by atoms with Crippen molar-refractivity contribution in [2.24, 2.45) is 0 Å². The molecule has 1 aliphatic carbocycles. The van der Waals surface area contributed by atoms with Gasteiger partial charge in [0.25, 0.3) is 0 Å². The normalized spacial score (nSPS) is 20.6. The lowest BCUT2D eigenvalue weighted by molar-refractivity contribution is 0.114. The number of hydrogen-bond donors (Lipinski definition) is 1. The minimum Gasteiger partial charge on any atom is -0.508 e. The summed E-state index contributed by atoms with van der Waals surface area (Å²) in [5.41, 5.74) is 2.84. The molecule has 0 atom stereocenters. The lowest BCUT2D eigenvalue weighted by Crippen LogP contribution is -2.43. The van der Waals surface area contributed by atoms with Crippen molar-refractivity contribution in [1.29, 1.82) is 0 Å². The largest absolute Gasteiger partial charge is 0.508 e. The quantitative estimate of drug-likeness (QED) is 0.685. The smallest absolute Gasteiger partial charge is 0.115 e. The van der Waals surface area contributed by atoms with Gasteiger partial charge in [-0.05, 0) is 88.1 Å². The van der Waals surface area contributed by atoms with Gasteiger partial charge < -0.3 is 5.11 Å². The zero-order valence-electron chi connectivity index (χ0n) is 16.3. The van der Waals surface area contributed by atoms with E-state index in [9.17, 15) is 5.11 Å². The SMILES string of the molecule is CC(C)N(CCCc1ccccc1)C1CCC(c2ccc(O)cc2)CC1. The van der Waals surface area contributed by atoms with E-state index in [1.165, 1.54) is 56.2 Å². The molecular weight excluding hydrogens is 318 g/mol. The van der Waals surface area contributed by atoms with Crippen LogP contribution in [0, 0.1) is 0 Å². The molecule has 2 nitrogen and oxygen atoms in total. The summed E-state index contributed by atoms with van der Waals surface area (Å²) in [4.78, 5) is 2.73. The van der Waals surface area contributed by atoms with E-state index in [1.54, 1.807) is 0 Å². The number of hydrogen-bond acceptors (Lipinski definition) is 2. The maximum Gasteiger partial charge on any atom is 0.115 e. The molecular formula is C24H33NO. The first-order chi connectivity index (χ1) is 12.6. The van der Waals surface area contributed by atoms with Gasteiger partial charge in [0, 0.05) is 12.1 Å². The predicted octanol–water partition coefficient (Wildman–Crippen LogP) is 5.76. The summed E-state index contributed by atoms with van der Waals surface area (Å²) in [6.45, 7) is 5.88. The molecule has 2 heteroatoms. The molecule has 0 saturated heterocycles. The molecule has 0 unspecified atom stereocenters. The summed E-state index contributed by atoms with van der Waals surface area (Å²) in [6, 6.07) is 20.0. The van der Waals surface area contributed by atoms with Gasteiger partial charge in [0.1, 0.15) is 5.75 Å². The van der Waals surface area contributed by atoms with E-state index in [0.717, 1.165) is 6.04 Å². The standard InChI is InChI=1S/C24H33NO/c1-19(2)25(18-6-9-20-7-4-3-5-8-20)23-14-10-21(11-15-23)22-12-16-24(26)17-13-22/h3-5,7-8,12-13,16-17,19,21,23,26H,6,9-11,14-15,18H2,1-2H3. The Hall–Kier alpha value is -1.80. The number of phenolic OH excluding ortho intramolecular Hbond substituents is 1. The molecule has 0 amide bonds. The fourth-order valence-electron chi connectivity index (χ4n) is 4.46. The van der Waals surface area contributed by atoms with Gasteiger partial charge in [-0.2, -0.15) is 0 Å². The zero-order chi connectivity index (χ0) is 18.4. The summed E-state index contributed by atoms with van der Waals surface area (Å²) >= 11 is 0. The molecule has 26 heavy (non-hydrogen) atoms. The van der Waals surface area contributed by atoms with Gasteiger partial charge in [0.2, 0.25) is 0 Å². The highest BCUT2D eigenvalue weighted by atomic mass is 16.3. The van der Waals surface area contributed by atoms with Gasteiger partial charge in [-0.3, -0.25) is 4.90 Å².